The zero-order chi connectivity index (χ0) is 15.4. The Hall–Kier alpha value is -0.870. The minimum absolute atomic E-state index is 0.299. The molecule has 0 amide bonds. The summed E-state index contributed by atoms with van der Waals surface area (Å²) in [5.74, 6) is 0.311. The van der Waals surface area contributed by atoms with Crippen LogP contribution >= 0.6 is 23.2 Å². The van der Waals surface area contributed by atoms with Gasteiger partial charge in [0.25, 0.3) is 0 Å². The molecule has 0 saturated carbocycles. The van der Waals surface area contributed by atoms with E-state index in [1.807, 2.05) is 24.3 Å². The van der Waals surface area contributed by atoms with Crippen molar-refractivity contribution in [3.05, 3.63) is 63.6 Å². The second-order valence-corrected chi connectivity index (χ2v) is 7.10. The molecule has 0 bridgehead atoms. The molecule has 5 heteroatoms. The fourth-order valence-corrected chi connectivity index (χ4v) is 3.86. The topological polar surface area (TPSA) is 43.1 Å². The first-order chi connectivity index (χ1) is 10.0. The number of nitrogens with two attached hydrogens (primary N) is 1. The highest BCUT2D eigenvalue weighted by molar-refractivity contribution is 7.85. The van der Waals surface area contributed by atoms with Gasteiger partial charge in [-0.25, -0.2) is 0 Å². The Balaban J connectivity index is 2.12. The van der Waals surface area contributed by atoms with Crippen LogP contribution in [0.15, 0.2) is 47.4 Å². The van der Waals surface area contributed by atoms with E-state index in [4.69, 9.17) is 28.9 Å². The van der Waals surface area contributed by atoms with Crippen LogP contribution in [-0.4, -0.2) is 9.96 Å². The number of aryl methyl sites for hydroxylation is 1. The quantitative estimate of drug-likeness (QED) is 0.877. The lowest BCUT2D eigenvalue weighted by Crippen LogP contribution is -2.18. The molecule has 2 N–H and O–H groups in total. The molecular weight excluding hydrogens is 325 g/mol. The van der Waals surface area contributed by atoms with Crippen LogP contribution < -0.4 is 5.73 Å². The average Bonchev–Trinajstić information content (AvgIpc) is 2.49. The summed E-state index contributed by atoms with van der Waals surface area (Å²) >= 11 is 12.0. The van der Waals surface area contributed by atoms with Crippen molar-refractivity contribution < 1.29 is 4.21 Å². The van der Waals surface area contributed by atoms with Crippen molar-refractivity contribution >= 4 is 34.0 Å². The Morgan fingerprint density at radius 2 is 1.81 bits per heavy atom. The molecule has 2 unspecified atom stereocenters. The van der Waals surface area contributed by atoms with Crippen molar-refractivity contribution in [2.75, 3.05) is 5.75 Å². The molecular formula is C16H17Cl2NOS. The third-order valence-electron chi connectivity index (χ3n) is 3.29. The third kappa shape index (κ3) is 4.30. The summed E-state index contributed by atoms with van der Waals surface area (Å²) in [7, 11) is -1.28. The van der Waals surface area contributed by atoms with Gasteiger partial charge in [0.05, 0.1) is 20.7 Å². The van der Waals surface area contributed by atoms with Crippen molar-refractivity contribution in [2.45, 2.75) is 24.3 Å². The standard InChI is InChI=1S/C16H17Cl2NOS/c1-2-11-3-5-12(6-4-11)15(19)10-21(20)16-9-13(17)7-8-14(16)18/h3-9,15H,2,10,19H2,1H3. The van der Waals surface area contributed by atoms with Gasteiger partial charge in [0.15, 0.2) is 0 Å². The van der Waals surface area contributed by atoms with Gasteiger partial charge in [-0.3, -0.25) is 4.21 Å². The summed E-state index contributed by atoms with van der Waals surface area (Å²) in [6.07, 6.45) is 0.986. The number of rotatable bonds is 5. The van der Waals surface area contributed by atoms with Crippen molar-refractivity contribution in [2.24, 2.45) is 5.73 Å². The molecule has 0 radical (unpaired) electrons. The predicted octanol–water partition coefficient (Wildman–Crippen LogP) is 4.36. The maximum Gasteiger partial charge on any atom is 0.0589 e. The highest BCUT2D eigenvalue weighted by Gasteiger charge is 2.15. The normalized spacial score (nSPS) is 13.9. The average molecular weight is 342 g/mol. The molecule has 2 rings (SSSR count). The van der Waals surface area contributed by atoms with Crippen LogP contribution in [0.4, 0.5) is 0 Å². The molecule has 21 heavy (non-hydrogen) atoms. The molecule has 2 atom stereocenters. The molecule has 2 nitrogen and oxygen atoms in total. The molecule has 0 aliphatic heterocycles. The summed E-state index contributed by atoms with van der Waals surface area (Å²) in [6, 6.07) is 12.7. The maximum absolute atomic E-state index is 12.4. The van der Waals surface area contributed by atoms with Gasteiger partial charge in [0.1, 0.15) is 0 Å². The van der Waals surface area contributed by atoms with Gasteiger partial charge in [0, 0.05) is 16.8 Å². The van der Waals surface area contributed by atoms with Crippen LogP contribution in [0.25, 0.3) is 0 Å². The fraction of sp³-hybridized carbons (Fsp3) is 0.250. The van der Waals surface area contributed by atoms with Gasteiger partial charge in [-0.1, -0.05) is 54.4 Å². The van der Waals surface area contributed by atoms with E-state index >= 15 is 0 Å². The molecule has 0 saturated heterocycles. The Labute approximate surface area is 137 Å². The monoisotopic (exact) mass is 341 g/mol. The van der Waals surface area contributed by atoms with E-state index in [0.717, 1.165) is 12.0 Å². The van der Waals surface area contributed by atoms with E-state index in [0.29, 0.717) is 20.7 Å². The molecule has 0 fully saturated rings. The maximum atomic E-state index is 12.4. The van der Waals surface area contributed by atoms with Crippen molar-refractivity contribution in [3.63, 3.8) is 0 Å². The smallest absolute Gasteiger partial charge is 0.0589 e. The Kier molecular flexibility index (Phi) is 5.82. The lowest BCUT2D eigenvalue weighted by molar-refractivity contribution is 0.675. The van der Waals surface area contributed by atoms with Crippen LogP contribution in [-0.2, 0) is 17.2 Å². The number of halogens is 2. The van der Waals surface area contributed by atoms with Crippen LogP contribution in [0, 0.1) is 0 Å². The first-order valence-corrected chi connectivity index (χ1v) is 8.76. The predicted molar refractivity (Wildman–Crippen MR) is 90.5 cm³/mol. The fourth-order valence-electron chi connectivity index (χ4n) is 2.00. The van der Waals surface area contributed by atoms with Crippen LogP contribution in [0.5, 0.6) is 0 Å². The van der Waals surface area contributed by atoms with Gasteiger partial charge in [-0.05, 0) is 35.7 Å². The zero-order valence-corrected chi connectivity index (χ0v) is 14.0. The number of benzene rings is 2. The number of hydrogen-bond acceptors (Lipinski definition) is 2. The Morgan fingerprint density at radius 3 is 2.43 bits per heavy atom. The molecule has 0 heterocycles. The summed E-state index contributed by atoms with van der Waals surface area (Å²) in [4.78, 5) is 0.532. The molecule has 0 aliphatic rings. The molecule has 2 aromatic rings. The van der Waals surface area contributed by atoms with E-state index in [1.165, 1.54) is 5.56 Å². The third-order valence-corrected chi connectivity index (χ3v) is 5.45. The zero-order valence-electron chi connectivity index (χ0n) is 11.7. The summed E-state index contributed by atoms with van der Waals surface area (Å²) in [5.41, 5.74) is 8.37. The lowest BCUT2D eigenvalue weighted by Gasteiger charge is -2.13. The second kappa shape index (κ2) is 7.41. The van der Waals surface area contributed by atoms with E-state index in [1.54, 1.807) is 18.2 Å². The highest BCUT2D eigenvalue weighted by atomic mass is 35.5. The first-order valence-electron chi connectivity index (χ1n) is 6.69. The minimum atomic E-state index is -1.28. The Bertz CT molecular complexity index is 643. The molecule has 0 aromatic heterocycles. The van der Waals surface area contributed by atoms with Gasteiger partial charge in [-0.2, -0.15) is 0 Å². The van der Waals surface area contributed by atoms with Crippen molar-refractivity contribution in [3.8, 4) is 0 Å². The summed E-state index contributed by atoms with van der Waals surface area (Å²) < 4.78 is 12.4. The molecule has 0 aliphatic carbocycles. The van der Waals surface area contributed by atoms with E-state index in [9.17, 15) is 4.21 Å². The largest absolute Gasteiger partial charge is 0.323 e. The summed E-state index contributed by atoms with van der Waals surface area (Å²) in [6.45, 7) is 2.10. The van der Waals surface area contributed by atoms with Gasteiger partial charge in [0.2, 0.25) is 0 Å². The first kappa shape index (κ1) is 16.5. The van der Waals surface area contributed by atoms with Crippen LogP contribution in [0.3, 0.4) is 0 Å². The van der Waals surface area contributed by atoms with Crippen LogP contribution in [0.1, 0.15) is 24.1 Å². The highest BCUT2D eigenvalue weighted by Crippen LogP contribution is 2.25. The molecule has 112 valence electrons. The minimum Gasteiger partial charge on any atom is -0.323 e. The van der Waals surface area contributed by atoms with E-state index < -0.39 is 10.8 Å². The second-order valence-electron chi connectivity index (χ2n) is 4.79. The van der Waals surface area contributed by atoms with Crippen LogP contribution in [0.2, 0.25) is 10.0 Å². The van der Waals surface area contributed by atoms with Crippen molar-refractivity contribution in [1.82, 2.24) is 0 Å². The van der Waals surface area contributed by atoms with Gasteiger partial charge in [-0.15, -0.1) is 0 Å². The summed E-state index contributed by atoms with van der Waals surface area (Å²) in [5, 5.41) is 0.967. The SMILES string of the molecule is CCc1ccc(C(N)CS(=O)c2cc(Cl)ccc2Cl)cc1. The molecule has 2 aromatic carbocycles. The van der Waals surface area contributed by atoms with Gasteiger partial charge >= 0.3 is 0 Å². The van der Waals surface area contributed by atoms with Crippen molar-refractivity contribution in [1.29, 1.82) is 0 Å². The molecule has 0 spiro atoms. The van der Waals surface area contributed by atoms with Gasteiger partial charge < -0.3 is 5.73 Å². The lowest BCUT2D eigenvalue weighted by atomic mass is 10.1. The number of hydrogen-bond donors (Lipinski definition) is 1. The Morgan fingerprint density at radius 1 is 1.14 bits per heavy atom. The van der Waals surface area contributed by atoms with E-state index in [-0.39, 0.29) is 6.04 Å². The van der Waals surface area contributed by atoms with E-state index in [2.05, 4.69) is 6.92 Å².